The van der Waals surface area contributed by atoms with Gasteiger partial charge in [0, 0.05) is 23.9 Å². The predicted molar refractivity (Wildman–Crippen MR) is 116 cm³/mol. The molecular formula is C21H20N4O3S. The van der Waals surface area contributed by atoms with E-state index in [-0.39, 0.29) is 5.56 Å². The van der Waals surface area contributed by atoms with Crippen LogP contribution in [0.3, 0.4) is 0 Å². The van der Waals surface area contributed by atoms with Crippen LogP contribution in [-0.2, 0) is 0 Å². The van der Waals surface area contributed by atoms with Crippen molar-refractivity contribution in [3.8, 4) is 16.6 Å². The number of nitrogens with zero attached hydrogens (tertiary/aromatic N) is 3. The maximum absolute atomic E-state index is 13.1. The second-order valence-corrected chi connectivity index (χ2v) is 7.49. The minimum Gasteiger partial charge on any atom is -0.497 e. The number of benzene rings is 2. The fraction of sp³-hybridized carbons (Fsp3) is 0.190. The number of aromatic amines is 1. The number of aryl methyl sites for hydroxylation is 1. The van der Waals surface area contributed by atoms with E-state index in [9.17, 15) is 4.79 Å². The maximum atomic E-state index is 13.1. The summed E-state index contributed by atoms with van der Waals surface area (Å²) in [6.45, 7) is 3.66. The van der Waals surface area contributed by atoms with Gasteiger partial charge in [-0.25, -0.2) is 4.98 Å². The zero-order valence-electron chi connectivity index (χ0n) is 16.5. The van der Waals surface area contributed by atoms with Crippen molar-refractivity contribution in [1.29, 1.82) is 0 Å². The molecule has 0 bridgehead atoms. The highest BCUT2D eigenvalue weighted by Crippen LogP contribution is 2.28. The van der Waals surface area contributed by atoms with Gasteiger partial charge in [0.05, 0.1) is 41.4 Å². The van der Waals surface area contributed by atoms with Crippen LogP contribution in [0.2, 0.25) is 0 Å². The lowest BCUT2D eigenvalue weighted by atomic mass is 10.1. The Hall–Kier alpha value is -3.39. The number of fused-ring (bicyclic) bond motifs is 1. The fourth-order valence-corrected chi connectivity index (χ4v) is 4.09. The number of ether oxygens (including phenoxy) is 2. The van der Waals surface area contributed by atoms with E-state index in [4.69, 9.17) is 9.47 Å². The molecule has 0 atom stereocenters. The number of thiazole rings is 1. The summed E-state index contributed by atoms with van der Waals surface area (Å²) in [5.74, 6) is 1.27. The second kappa shape index (κ2) is 7.56. The van der Waals surface area contributed by atoms with Crippen molar-refractivity contribution in [2.75, 3.05) is 14.2 Å². The first-order valence-electron chi connectivity index (χ1n) is 8.96. The zero-order chi connectivity index (χ0) is 20.5. The van der Waals surface area contributed by atoms with Crippen molar-refractivity contribution in [3.05, 3.63) is 64.1 Å². The molecule has 0 aliphatic rings. The first-order valence-corrected chi connectivity index (χ1v) is 9.78. The van der Waals surface area contributed by atoms with Crippen molar-refractivity contribution < 1.29 is 9.47 Å². The van der Waals surface area contributed by atoms with Crippen LogP contribution in [0.4, 0.5) is 5.69 Å². The first-order chi connectivity index (χ1) is 14.0. The average molecular weight is 408 g/mol. The summed E-state index contributed by atoms with van der Waals surface area (Å²) in [6, 6.07) is 13.2. The predicted octanol–water partition coefficient (Wildman–Crippen LogP) is 4.24. The quantitative estimate of drug-likeness (QED) is 0.501. The Labute approximate surface area is 171 Å². The third-order valence-corrected chi connectivity index (χ3v) is 5.56. The Morgan fingerprint density at radius 3 is 2.48 bits per heavy atom. The van der Waals surface area contributed by atoms with Crippen LogP contribution in [0, 0.1) is 6.92 Å². The Bertz CT molecular complexity index is 1230. The minimum atomic E-state index is -0.183. The van der Waals surface area contributed by atoms with Crippen molar-refractivity contribution in [2.24, 2.45) is 4.99 Å². The van der Waals surface area contributed by atoms with E-state index in [2.05, 4.69) is 15.1 Å². The number of nitrogens with one attached hydrogen (secondary N) is 1. The molecule has 0 saturated carbocycles. The molecule has 0 aliphatic carbocycles. The smallest absolute Gasteiger partial charge is 0.282 e. The number of rotatable bonds is 5. The molecule has 148 valence electrons. The van der Waals surface area contributed by atoms with Crippen LogP contribution in [0.1, 0.15) is 18.2 Å². The molecule has 0 fully saturated rings. The number of hydrogen-bond acceptors (Lipinski definition) is 6. The Kier molecular flexibility index (Phi) is 4.94. The standard InChI is InChI=1S/C21H20N4O3S/c1-12(22-14-9-15(27-3)11-16(10-14)28-4)19-13(2)24-25(20(19)26)21-23-17-7-5-6-8-18(17)29-21/h5-11,24H,1-4H3. The number of hydrogen-bond donors (Lipinski definition) is 1. The molecule has 0 amide bonds. The molecule has 4 aromatic rings. The molecule has 0 spiro atoms. The molecule has 7 nitrogen and oxygen atoms in total. The summed E-state index contributed by atoms with van der Waals surface area (Å²) in [6.07, 6.45) is 0. The van der Waals surface area contributed by atoms with Crippen LogP contribution in [0.5, 0.6) is 11.5 Å². The Balaban J connectivity index is 1.78. The molecular weight excluding hydrogens is 388 g/mol. The van der Waals surface area contributed by atoms with Gasteiger partial charge in [-0.1, -0.05) is 23.5 Å². The lowest BCUT2D eigenvalue weighted by molar-refractivity contribution is 0.394. The molecule has 0 unspecified atom stereocenters. The van der Waals surface area contributed by atoms with Gasteiger partial charge in [0.2, 0.25) is 5.13 Å². The average Bonchev–Trinajstić information content (AvgIpc) is 3.27. The maximum Gasteiger partial charge on any atom is 0.282 e. The van der Waals surface area contributed by atoms with Crippen molar-refractivity contribution in [2.45, 2.75) is 13.8 Å². The molecule has 0 radical (unpaired) electrons. The summed E-state index contributed by atoms with van der Waals surface area (Å²) in [5, 5.41) is 3.72. The van der Waals surface area contributed by atoms with E-state index < -0.39 is 0 Å². The Morgan fingerprint density at radius 1 is 1.14 bits per heavy atom. The normalized spacial score (nSPS) is 11.8. The number of para-hydroxylation sites is 1. The van der Waals surface area contributed by atoms with Gasteiger partial charge in [-0.2, -0.15) is 4.68 Å². The highest BCUT2D eigenvalue weighted by molar-refractivity contribution is 7.20. The lowest BCUT2D eigenvalue weighted by Gasteiger charge is -2.06. The van der Waals surface area contributed by atoms with Crippen LogP contribution < -0.4 is 15.0 Å². The van der Waals surface area contributed by atoms with Gasteiger partial charge in [0.15, 0.2) is 0 Å². The minimum absolute atomic E-state index is 0.183. The van der Waals surface area contributed by atoms with Gasteiger partial charge in [-0.15, -0.1) is 0 Å². The zero-order valence-corrected chi connectivity index (χ0v) is 17.3. The summed E-state index contributed by atoms with van der Waals surface area (Å²) < 4.78 is 13.1. The SMILES string of the molecule is COc1cc(N=C(C)c2c(C)[nH]n(-c3nc4ccccc4s3)c2=O)cc(OC)c1. The van der Waals surface area contributed by atoms with Crippen molar-refractivity contribution in [3.63, 3.8) is 0 Å². The van der Waals surface area contributed by atoms with Gasteiger partial charge < -0.3 is 9.47 Å². The molecule has 2 aromatic heterocycles. The monoisotopic (exact) mass is 408 g/mol. The molecule has 2 heterocycles. The third-order valence-electron chi connectivity index (χ3n) is 4.54. The van der Waals surface area contributed by atoms with Gasteiger partial charge in [-0.05, 0) is 26.0 Å². The summed E-state index contributed by atoms with van der Waals surface area (Å²) in [4.78, 5) is 22.3. The van der Waals surface area contributed by atoms with Crippen LogP contribution in [0.15, 0.2) is 52.3 Å². The lowest BCUT2D eigenvalue weighted by Crippen LogP contribution is -2.19. The van der Waals surface area contributed by atoms with E-state index in [0.717, 1.165) is 15.9 Å². The van der Waals surface area contributed by atoms with E-state index in [1.54, 1.807) is 32.4 Å². The summed E-state index contributed by atoms with van der Waals surface area (Å²) >= 11 is 1.46. The number of aliphatic imine (C=N–C) groups is 1. The van der Waals surface area contributed by atoms with E-state index in [1.165, 1.54) is 16.0 Å². The fourth-order valence-electron chi connectivity index (χ4n) is 3.17. The van der Waals surface area contributed by atoms with Crippen LogP contribution in [0.25, 0.3) is 15.3 Å². The van der Waals surface area contributed by atoms with Crippen LogP contribution >= 0.6 is 11.3 Å². The molecule has 0 aliphatic heterocycles. The van der Waals surface area contributed by atoms with Crippen molar-refractivity contribution in [1.82, 2.24) is 14.8 Å². The summed E-state index contributed by atoms with van der Waals surface area (Å²) in [5.41, 5.74) is 3.17. The second-order valence-electron chi connectivity index (χ2n) is 6.48. The number of methoxy groups -OCH3 is 2. The molecule has 1 N–H and O–H groups in total. The van der Waals surface area contributed by atoms with Gasteiger partial charge in [0.1, 0.15) is 11.5 Å². The molecule has 4 rings (SSSR count). The van der Waals surface area contributed by atoms with Crippen molar-refractivity contribution >= 4 is 33.0 Å². The Morgan fingerprint density at radius 2 is 1.83 bits per heavy atom. The molecule has 8 heteroatoms. The topological polar surface area (TPSA) is 81.5 Å². The van der Waals surface area contributed by atoms with Gasteiger partial charge >= 0.3 is 0 Å². The number of aromatic nitrogens is 3. The molecule has 2 aromatic carbocycles. The third kappa shape index (κ3) is 3.54. The molecule has 29 heavy (non-hydrogen) atoms. The highest BCUT2D eigenvalue weighted by Gasteiger charge is 2.17. The summed E-state index contributed by atoms with van der Waals surface area (Å²) in [7, 11) is 3.17. The van der Waals surface area contributed by atoms with Gasteiger partial charge in [-0.3, -0.25) is 14.9 Å². The molecule has 0 saturated heterocycles. The van der Waals surface area contributed by atoms with Crippen LogP contribution in [-0.4, -0.2) is 34.7 Å². The van der Waals surface area contributed by atoms with E-state index in [1.807, 2.05) is 38.1 Å². The van der Waals surface area contributed by atoms with E-state index in [0.29, 0.717) is 33.6 Å². The van der Waals surface area contributed by atoms with E-state index >= 15 is 0 Å². The first kappa shape index (κ1) is 18.9. The number of H-pyrrole nitrogens is 1. The highest BCUT2D eigenvalue weighted by atomic mass is 32.1. The van der Waals surface area contributed by atoms with Gasteiger partial charge in [0.25, 0.3) is 5.56 Å². The largest absolute Gasteiger partial charge is 0.497 e.